The molecular weight excluding hydrogens is 214 g/mol. The van der Waals surface area contributed by atoms with Crippen LogP contribution in [0.15, 0.2) is 12.4 Å². The van der Waals surface area contributed by atoms with Gasteiger partial charge in [-0.2, -0.15) is 0 Å². The van der Waals surface area contributed by atoms with Gasteiger partial charge in [-0.15, -0.1) is 0 Å². The van der Waals surface area contributed by atoms with Gasteiger partial charge in [0.25, 0.3) is 0 Å². The van der Waals surface area contributed by atoms with E-state index in [0.717, 1.165) is 24.7 Å². The molecule has 1 atom stereocenters. The Hall–Kier alpha value is -1.36. The van der Waals surface area contributed by atoms with E-state index in [1.807, 2.05) is 7.05 Å². The summed E-state index contributed by atoms with van der Waals surface area (Å²) in [6.07, 6.45) is 5.38. The molecule has 0 amide bonds. The molecule has 3 rings (SSSR count). The molecule has 92 valence electrons. The smallest absolute Gasteiger partial charge is 0.134 e. The van der Waals surface area contributed by atoms with Crippen molar-refractivity contribution in [1.82, 2.24) is 15.3 Å². The van der Waals surface area contributed by atoms with Crippen molar-refractivity contribution in [3.63, 3.8) is 0 Å². The van der Waals surface area contributed by atoms with Gasteiger partial charge in [-0.1, -0.05) is 0 Å². The van der Waals surface area contributed by atoms with Crippen LogP contribution in [-0.2, 0) is 0 Å². The molecule has 0 spiro atoms. The summed E-state index contributed by atoms with van der Waals surface area (Å²) in [4.78, 5) is 11.0. The molecule has 2 aliphatic rings. The Kier molecular flexibility index (Phi) is 2.84. The Morgan fingerprint density at radius 3 is 2.82 bits per heavy atom. The van der Waals surface area contributed by atoms with Crippen LogP contribution in [0, 0.1) is 0 Å². The number of anilines is 2. The van der Waals surface area contributed by atoms with Crippen molar-refractivity contribution in [3.8, 4) is 0 Å². The Morgan fingerprint density at radius 2 is 2.12 bits per heavy atom. The van der Waals surface area contributed by atoms with Gasteiger partial charge in [0.2, 0.25) is 0 Å². The highest BCUT2D eigenvalue weighted by atomic mass is 15.2. The molecule has 1 saturated heterocycles. The van der Waals surface area contributed by atoms with Gasteiger partial charge in [0, 0.05) is 31.2 Å². The average molecular weight is 233 g/mol. The first-order chi connectivity index (χ1) is 8.35. The van der Waals surface area contributed by atoms with E-state index >= 15 is 0 Å². The first-order valence-corrected chi connectivity index (χ1v) is 6.36. The summed E-state index contributed by atoms with van der Waals surface area (Å²) in [5.41, 5.74) is 0. The van der Waals surface area contributed by atoms with Gasteiger partial charge in [-0.05, 0) is 26.3 Å². The fourth-order valence-corrected chi connectivity index (χ4v) is 2.24. The van der Waals surface area contributed by atoms with E-state index in [0.29, 0.717) is 12.1 Å². The number of hydrogen-bond donors (Lipinski definition) is 2. The number of aromatic nitrogens is 2. The normalized spacial score (nSPS) is 24.1. The Bertz CT molecular complexity index is 390. The van der Waals surface area contributed by atoms with E-state index < -0.39 is 0 Å². The maximum Gasteiger partial charge on any atom is 0.134 e. The highest BCUT2D eigenvalue weighted by Gasteiger charge is 2.24. The van der Waals surface area contributed by atoms with Gasteiger partial charge >= 0.3 is 0 Å². The number of rotatable bonds is 4. The van der Waals surface area contributed by atoms with Crippen molar-refractivity contribution >= 4 is 11.6 Å². The predicted molar refractivity (Wildman–Crippen MR) is 68.4 cm³/mol. The monoisotopic (exact) mass is 233 g/mol. The summed E-state index contributed by atoms with van der Waals surface area (Å²) in [5.74, 6) is 2.01. The van der Waals surface area contributed by atoms with Crippen LogP contribution in [0.4, 0.5) is 11.6 Å². The van der Waals surface area contributed by atoms with E-state index in [9.17, 15) is 0 Å². The van der Waals surface area contributed by atoms with Gasteiger partial charge < -0.3 is 15.5 Å². The molecule has 0 radical (unpaired) electrons. The van der Waals surface area contributed by atoms with Gasteiger partial charge in [-0.25, -0.2) is 9.97 Å². The number of nitrogens with zero attached hydrogens (tertiary/aromatic N) is 3. The topological polar surface area (TPSA) is 53.1 Å². The largest absolute Gasteiger partial charge is 0.367 e. The lowest BCUT2D eigenvalue weighted by Gasteiger charge is -2.17. The zero-order chi connectivity index (χ0) is 11.7. The van der Waals surface area contributed by atoms with Gasteiger partial charge in [-0.3, -0.25) is 0 Å². The number of nitrogens with one attached hydrogen (secondary N) is 2. The van der Waals surface area contributed by atoms with E-state index in [2.05, 4.69) is 31.6 Å². The zero-order valence-electron chi connectivity index (χ0n) is 10.2. The number of hydrogen-bond acceptors (Lipinski definition) is 5. The summed E-state index contributed by atoms with van der Waals surface area (Å²) in [7, 11) is 2.02. The SMILES string of the molecule is CNC1CCN(c2cc(NC3CC3)ncn2)C1. The van der Waals surface area contributed by atoms with E-state index in [1.54, 1.807) is 6.33 Å². The third-order valence-electron chi connectivity index (χ3n) is 3.50. The molecule has 5 heteroatoms. The second kappa shape index (κ2) is 4.49. The molecule has 0 aromatic carbocycles. The second-order valence-corrected chi connectivity index (χ2v) is 4.90. The molecule has 1 aromatic heterocycles. The standard InChI is InChI=1S/C12H19N5/c1-13-10-4-5-17(7-10)12-6-11(14-8-15-12)16-9-2-3-9/h6,8-10,13H,2-5,7H2,1H3,(H,14,15,16). The fourth-order valence-electron chi connectivity index (χ4n) is 2.24. The lowest BCUT2D eigenvalue weighted by molar-refractivity contribution is 0.616. The second-order valence-electron chi connectivity index (χ2n) is 4.90. The molecular formula is C12H19N5. The number of likely N-dealkylation sites (N-methyl/N-ethyl adjacent to an activating group) is 1. The van der Waals surface area contributed by atoms with Crippen LogP contribution < -0.4 is 15.5 Å². The highest BCUT2D eigenvalue weighted by Crippen LogP contribution is 2.25. The Labute approximate surface area is 102 Å². The lowest BCUT2D eigenvalue weighted by atomic mass is 10.3. The third kappa shape index (κ3) is 2.49. The van der Waals surface area contributed by atoms with Crippen molar-refractivity contribution < 1.29 is 0 Å². The zero-order valence-corrected chi connectivity index (χ0v) is 10.2. The Balaban J connectivity index is 1.69. The summed E-state index contributed by atoms with van der Waals surface area (Å²) in [6.45, 7) is 2.11. The highest BCUT2D eigenvalue weighted by molar-refractivity contribution is 5.50. The first kappa shape index (κ1) is 10.8. The van der Waals surface area contributed by atoms with Crippen LogP contribution in [0.3, 0.4) is 0 Å². The lowest BCUT2D eigenvalue weighted by Crippen LogP contribution is -2.29. The molecule has 2 N–H and O–H groups in total. The Morgan fingerprint density at radius 1 is 1.24 bits per heavy atom. The minimum Gasteiger partial charge on any atom is -0.367 e. The molecule has 1 aromatic rings. The van der Waals surface area contributed by atoms with Crippen molar-refractivity contribution in [2.75, 3.05) is 30.4 Å². The summed E-state index contributed by atoms with van der Waals surface area (Å²) < 4.78 is 0. The van der Waals surface area contributed by atoms with Crippen LogP contribution >= 0.6 is 0 Å². The average Bonchev–Trinajstić information content (AvgIpc) is 3.04. The van der Waals surface area contributed by atoms with E-state index in [4.69, 9.17) is 0 Å². The molecule has 1 aliphatic carbocycles. The predicted octanol–water partition coefficient (Wildman–Crippen LogP) is 0.849. The fraction of sp³-hybridized carbons (Fsp3) is 0.667. The van der Waals surface area contributed by atoms with Crippen LogP contribution in [-0.4, -0.2) is 42.2 Å². The molecule has 17 heavy (non-hydrogen) atoms. The van der Waals surface area contributed by atoms with E-state index in [-0.39, 0.29) is 0 Å². The maximum atomic E-state index is 4.36. The molecule has 2 heterocycles. The molecule has 2 fully saturated rings. The first-order valence-electron chi connectivity index (χ1n) is 6.36. The van der Waals surface area contributed by atoms with E-state index in [1.165, 1.54) is 19.3 Å². The van der Waals surface area contributed by atoms with Crippen molar-refractivity contribution in [2.45, 2.75) is 31.3 Å². The summed E-state index contributed by atoms with van der Waals surface area (Å²) in [6, 6.07) is 3.29. The minimum absolute atomic E-state index is 0.588. The third-order valence-corrected chi connectivity index (χ3v) is 3.50. The molecule has 0 bridgehead atoms. The molecule has 1 unspecified atom stereocenters. The van der Waals surface area contributed by atoms with Crippen molar-refractivity contribution in [1.29, 1.82) is 0 Å². The van der Waals surface area contributed by atoms with Gasteiger partial charge in [0.15, 0.2) is 0 Å². The summed E-state index contributed by atoms with van der Waals surface area (Å²) >= 11 is 0. The quantitative estimate of drug-likeness (QED) is 0.807. The van der Waals surface area contributed by atoms with Crippen molar-refractivity contribution in [2.24, 2.45) is 0 Å². The van der Waals surface area contributed by atoms with Crippen molar-refractivity contribution in [3.05, 3.63) is 12.4 Å². The molecule has 1 aliphatic heterocycles. The van der Waals surface area contributed by atoms with Crippen LogP contribution in [0.5, 0.6) is 0 Å². The van der Waals surface area contributed by atoms with Gasteiger partial charge in [0.1, 0.15) is 18.0 Å². The van der Waals surface area contributed by atoms with Crippen LogP contribution in [0.25, 0.3) is 0 Å². The molecule has 1 saturated carbocycles. The maximum absolute atomic E-state index is 4.36. The van der Waals surface area contributed by atoms with Gasteiger partial charge in [0.05, 0.1) is 0 Å². The molecule has 5 nitrogen and oxygen atoms in total. The summed E-state index contributed by atoms with van der Waals surface area (Å²) in [5, 5.41) is 6.73. The minimum atomic E-state index is 0.588. The van der Waals surface area contributed by atoms with Crippen LogP contribution in [0.2, 0.25) is 0 Å². The van der Waals surface area contributed by atoms with Crippen LogP contribution in [0.1, 0.15) is 19.3 Å².